The first-order valence-electron chi connectivity index (χ1n) is 8.55. The van der Waals surface area contributed by atoms with E-state index in [0.29, 0.717) is 18.9 Å². The number of halogens is 1. The molecule has 0 unspecified atom stereocenters. The van der Waals surface area contributed by atoms with E-state index >= 15 is 0 Å². The summed E-state index contributed by atoms with van der Waals surface area (Å²) in [5.74, 6) is -0.802. The van der Waals surface area contributed by atoms with Crippen LogP contribution in [0.5, 0.6) is 0 Å². The van der Waals surface area contributed by atoms with Crippen LogP contribution < -0.4 is 5.32 Å². The van der Waals surface area contributed by atoms with Crippen molar-refractivity contribution in [3.8, 4) is 0 Å². The molecule has 0 aromatic heterocycles. The quantitative estimate of drug-likeness (QED) is 0.755. The second kappa shape index (κ2) is 9.01. The average Bonchev–Trinajstić information content (AvgIpc) is 2.63. The first-order valence-corrected chi connectivity index (χ1v) is 10.4. The third-order valence-corrected chi connectivity index (χ3v) is 6.43. The average molecular weight is 418 g/mol. The van der Waals surface area contributed by atoms with E-state index in [0.717, 1.165) is 0 Å². The number of morpholine rings is 1. The molecule has 1 saturated heterocycles. The molecule has 0 radical (unpaired) electrons. The van der Waals surface area contributed by atoms with Gasteiger partial charge in [0.2, 0.25) is 21.8 Å². The van der Waals surface area contributed by atoms with Gasteiger partial charge in [-0.3, -0.25) is 9.59 Å². The summed E-state index contributed by atoms with van der Waals surface area (Å²) in [4.78, 5) is 25.3. The molecule has 0 saturated carbocycles. The van der Waals surface area contributed by atoms with Gasteiger partial charge in [-0.05, 0) is 18.2 Å². The minimum absolute atomic E-state index is 0.0736. The number of benzene rings is 1. The lowest BCUT2D eigenvalue weighted by molar-refractivity contribution is -0.136. The Balaban J connectivity index is 2.15. The van der Waals surface area contributed by atoms with Gasteiger partial charge in [0.15, 0.2) is 0 Å². The maximum Gasteiger partial charge on any atom is 0.244 e. The van der Waals surface area contributed by atoms with Crippen LogP contribution in [0.25, 0.3) is 0 Å². The molecule has 2 rings (SSSR count). The fourth-order valence-electron chi connectivity index (χ4n) is 2.64. The zero-order valence-corrected chi connectivity index (χ0v) is 17.1. The van der Waals surface area contributed by atoms with Crippen LogP contribution in [0, 0.1) is 5.92 Å². The van der Waals surface area contributed by atoms with Crippen LogP contribution in [0.2, 0.25) is 5.02 Å². The molecule has 1 fully saturated rings. The number of sulfonamides is 1. The Bertz CT molecular complexity index is 807. The molecule has 0 bridgehead atoms. The van der Waals surface area contributed by atoms with Gasteiger partial charge in [-0.15, -0.1) is 0 Å². The van der Waals surface area contributed by atoms with Crippen molar-refractivity contribution in [3.05, 3.63) is 23.2 Å². The number of rotatable bonds is 6. The summed E-state index contributed by atoms with van der Waals surface area (Å²) in [6, 6.07) is 4.27. The van der Waals surface area contributed by atoms with Crippen LogP contribution in [0.15, 0.2) is 23.1 Å². The molecule has 150 valence electrons. The van der Waals surface area contributed by atoms with Crippen molar-refractivity contribution in [3.63, 3.8) is 0 Å². The second-order valence-electron chi connectivity index (χ2n) is 6.56. The summed E-state index contributed by atoms with van der Waals surface area (Å²) < 4.78 is 32.1. The molecule has 27 heavy (non-hydrogen) atoms. The Hall–Kier alpha value is -1.68. The van der Waals surface area contributed by atoms with Crippen LogP contribution in [0.1, 0.15) is 13.8 Å². The fraction of sp³-hybridized carbons (Fsp3) is 0.529. The van der Waals surface area contributed by atoms with E-state index in [1.807, 2.05) is 0 Å². The molecule has 0 aliphatic carbocycles. The predicted molar refractivity (Wildman–Crippen MR) is 102 cm³/mol. The van der Waals surface area contributed by atoms with Gasteiger partial charge in [-0.1, -0.05) is 25.4 Å². The van der Waals surface area contributed by atoms with Crippen molar-refractivity contribution in [1.82, 2.24) is 9.21 Å². The van der Waals surface area contributed by atoms with Crippen molar-refractivity contribution in [1.29, 1.82) is 0 Å². The predicted octanol–water partition coefficient (Wildman–Crippen LogP) is 1.41. The summed E-state index contributed by atoms with van der Waals surface area (Å²) in [5, 5.41) is 2.69. The van der Waals surface area contributed by atoms with Gasteiger partial charge in [0.25, 0.3) is 0 Å². The highest BCUT2D eigenvalue weighted by molar-refractivity contribution is 7.89. The maximum absolute atomic E-state index is 12.8. The molecule has 1 aromatic carbocycles. The second-order valence-corrected chi connectivity index (χ2v) is 8.87. The Labute approximate surface area is 164 Å². The molecule has 1 N–H and O–H groups in total. The van der Waals surface area contributed by atoms with Crippen molar-refractivity contribution in [2.24, 2.45) is 5.92 Å². The SMILES string of the molecule is CC(C)C(=O)N(C)CC(=O)Nc1ccc(Cl)c(S(=O)(=O)N2CCOCC2)c1. The highest BCUT2D eigenvalue weighted by Gasteiger charge is 2.28. The van der Waals surface area contributed by atoms with E-state index in [1.54, 1.807) is 13.8 Å². The molecule has 1 heterocycles. The Morgan fingerprint density at radius 2 is 1.93 bits per heavy atom. The van der Waals surface area contributed by atoms with E-state index < -0.39 is 15.9 Å². The van der Waals surface area contributed by atoms with E-state index in [-0.39, 0.29) is 41.4 Å². The maximum atomic E-state index is 12.8. The van der Waals surface area contributed by atoms with Crippen molar-refractivity contribution >= 4 is 39.1 Å². The topological polar surface area (TPSA) is 96.0 Å². The van der Waals surface area contributed by atoms with E-state index in [2.05, 4.69) is 5.32 Å². The number of hydrogen-bond donors (Lipinski definition) is 1. The molecule has 8 nitrogen and oxygen atoms in total. The van der Waals surface area contributed by atoms with Crippen molar-refractivity contribution < 1.29 is 22.7 Å². The number of nitrogens with one attached hydrogen (secondary N) is 1. The molecule has 1 aromatic rings. The minimum atomic E-state index is -3.79. The normalized spacial score (nSPS) is 15.6. The van der Waals surface area contributed by atoms with E-state index in [4.69, 9.17) is 16.3 Å². The Kier molecular flexibility index (Phi) is 7.21. The summed E-state index contributed by atoms with van der Waals surface area (Å²) >= 11 is 6.09. The monoisotopic (exact) mass is 417 g/mol. The number of carbonyl (C=O) groups is 2. The molecule has 2 amide bonds. The molecule has 1 aliphatic heterocycles. The van der Waals surface area contributed by atoms with Crippen LogP contribution >= 0.6 is 11.6 Å². The number of anilines is 1. The number of nitrogens with zero attached hydrogens (tertiary/aromatic N) is 2. The standard InChI is InChI=1S/C17H24ClN3O5S/c1-12(2)17(23)20(3)11-16(22)19-13-4-5-14(18)15(10-13)27(24,25)21-6-8-26-9-7-21/h4-5,10,12H,6-9,11H2,1-3H3,(H,19,22). The van der Waals surface area contributed by atoms with Crippen LogP contribution in [-0.4, -0.2) is 69.3 Å². The van der Waals surface area contributed by atoms with Gasteiger partial charge < -0.3 is 15.0 Å². The molecular formula is C17H24ClN3O5S. The third kappa shape index (κ3) is 5.41. The van der Waals surface area contributed by atoms with Gasteiger partial charge in [-0.25, -0.2) is 8.42 Å². The Morgan fingerprint density at radius 3 is 2.52 bits per heavy atom. The summed E-state index contributed by atoms with van der Waals surface area (Å²) in [6.07, 6.45) is 0. The highest BCUT2D eigenvalue weighted by Crippen LogP contribution is 2.28. The van der Waals surface area contributed by atoms with Gasteiger partial charge in [-0.2, -0.15) is 4.31 Å². The van der Waals surface area contributed by atoms with Gasteiger partial charge in [0, 0.05) is 31.7 Å². The lowest BCUT2D eigenvalue weighted by Crippen LogP contribution is -2.40. The number of amides is 2. The first-order chi connectivity index (χ1) is 12.6. The summed E-state index contributed by atoms with van der Waals surface area (Å²) in [5.41, 5.74) is 0.293. The van der Waals surface area contributed by atoms with Crippen molar-refractivity contribution in [2.45, 2.75) is 18.7 Å². The lowest BCUT2D eigenvalue weighted by atomic mass is 10.2. The third-order valence-electron chi connectivity index (χ3n) is 4.05. The van der Waals surface area contributed by atoms with Gasteiger partial charge in [0.05, 0.1) is 24.8 Å². The minimum Gasteiger partial charge on any atom is -0.379 e. The summed E-state index contributed by atoms with van der Waals surface area (Å²) in [7, 11) is -2.25. The number of likely N-dealkylation sites (N-methyl/N-ethyl adjacent to an activating group) is 1. The van der Waals surface area contributed by atoms with Crippen LogP contribution in [-0.2, 0) is 24.3 Å². The Morgan fingerprint density at radius 1 is 1.30 bits per heavy atom. The van der Waals surface area contributed by atoms with E-state index in [1.165, 1.54) is 34.5 Å². The largest absolute Gasteiger partial charge is 0.379 e. The number of hydrogen-bond acceptors (Lipinski definition) is 5. The molecule has 0 spiro atoms. The lowest BCUT2D eigenvalue weighted by Gasteiger charge is -2.26. The molecule has 10 heteroatoms. The van der Waals surface area contributed by atoms with Gasteiger partial charge >= 0.3 is 0 Å². The molecule has 1 aliphatic rings. The zero-order valence-electron chi connectivity index (χ0n) is 15.6. The molecule has 0 atom stereocenters. The fourth-order valence-corrected chi connectivity index (χ4v) is 4.55. The van der Waals surface area contributed by atoms with Crippen LogP contribution in [0.4, 0.5) is 5.69 Å². The zero-order chi connectivity index (χ0) is 20.2. The van der Waals surface area contributed by atoms with Gasteiger partial charge in [0.1, 0.15) is 4.90 Å². The highest BCUT2D eigenvalue weighted by atomic mass is 35.5. The first kappa shape index (κ1) is 21.6. The van der Waals surface area contributed by atoms with E-state index in [9.17, 15) is 18.0 Å². The van der Waals surface area contributed by atoms with Crippen LogP contribution in [0.3, 0.4) is 0 Å². The summed E-state index contributed by atoms with van der Waals surface area (Å²) in [6.45, 7) is 4.50. The molecular weight excluding hydrogens is 394 g/mol. The smallest absolute Gasteiger partial charge is 0.244 e. The number of ether oxygens (including phenoxy) is 1. The van der Waals surface area contributed by atoms with Crippen molar-refractivity contribution in [2.75, 3.05) is 45.2 Å². The number of carbonyl (C=O) groups excluding carboxylic acids is 2.